The molecule has 2 fully saturated rings. The number of amides is 2. The molecule has 2 aliphatic rings. The number of nitrogens with zero attached hydrogens (tertiary/aromatic N) is 2. The molecule has 2 saturated heterocycles. The van der Waals surface area contributed by atoms with E-state index in [4.69, 9.17) is 5.73 Å². The molecule has 0 radical (unpaired) electrons. The monoisotopic (exact) mass is 396 g/mol. The fourth-order valence-electron chi connectivity index (χ4n) is 3.41. The maximum atomic E-state index is 12.2. The van der Waals surface area contributed by atoms with Crippen LogP contribution in [0, 0.1) is 11.8 Å². The highest BCUT2D eigenvalue weighted by Crippen LogP contribution is 2.19. The Hall–Kier alpha value is -0.560. The van der Waals surface area contributed by atoms with Gasteiger partial charge in [0.1, 0.15) is 0 Å². The van der Waals surface area contributed by atoms with Crippen LogP contribution in [0.3, 0.4) is 0 Å². The van der Waals surface area contributed by atoms with Gasteiger partial charge in [-0.3, -0.25) is 9.59 Å². The van der Waals surface area contributed by atoms with Crippen molar-refractivity contribution in [1.82, 2.24) is 15.1 Å². The lowest BCUT2D eigenvalue weighted by Gasteiger charge is -2.29. The number of rotatable bonds is 6. The average Bonchev–Trinajstić information content (AvgIpc) is 3.01. The lowest BCUT2D eigenvalue weighted by molar-refractivity contribution is -0.132. The van der Waals surface area contributed by atoms with Crippen LogP contribution < -0.4 is 11.1 Å². The van der Waals surface area contributed by atoms with E-state index >= 15 is 0 Å². The predicted octanol–water partition coefficient (Wildman–Crippen LogP) is 1.26. The first-order chi connectivity index (χ1) is 11.0. The third-order valence-corrected chi connectivity index (χ3v) is 5.04. The summed E-state index contributed by atoms with van der Waals surface area (Å²) >= 11 is 0. The number of carbonyl (C=O) groups excluding carboxylic acids is 2. The van der Waals surface area contributed by atoms with Gasteiger partial charge in [-0.25, -0.2) is 0 Å². The van der Waals surface area contributed by atoms with E-state index in [1.165, 1.54) is 32.4 Å². The van der Waals surface area contributed by atoms with E-state index in [1.54, 1.807) is 0 Å². The molecule has 0 aromatic heterocycles. The molecule has 0 aliphatic carbocycles. The van der Waals surface area contributed by atoms with Gasteiger partial charge in [0.15, 0.2) is 0 Å². The predicted molar refractivity (Wildman–Crippen MR) is 105 cm³/mol. The quantitative estimate of drug-likeness (QED) is 0.708. The third kappa shape index (κ3) is 7.69. The van der Waals surface area contributed by atoms with E-state index in [1.807, 2.05) is 18.7 Å². The van der Waals surface area contributed by atoms with Crippen molar-refractivity contribution in [3.05, 3.63) is 0 Å². The van der Waals surface area contributed by atoms with Crippen molar-refractivity contribution in [3.63, 3.8) is 0 Å². The largest absolute Gasteiger partial charge is 0.346 e. The van der Waals surface area contributed by atoms with E-state index < -0.39 is 6.04 Å². The third-order valence-electron chi connectivity index (χ3n) is 5.04. The molecule has 0 aromatic rings. The Balaban J connectivity index is 0.00000288. The van der Waals surface area contributed by atoms with Crippen LogP contribution >= 0.6 is 24.8 Å². The molecule has 6 nitrogen and oxygen atoms in total. The van der Waals surface area contributed by atoms with E-state index in [-0.39, 0.29) is 49.1 Å². The van der Waals surface area contributed by atoms with Crippen LogP contribution in [0.5, 0.6) is 0 Å². The minimum Gasteiger partial charge on any atom is -0.346 e. The average molecular weight is 397 g/mol. The molecule has 25 heavy (non-hydrogen) atoms. The van der Waals surface area contributed by atoms with Crippen LogP contribution in [0.2, 0.25) is 0 Å². The standard InChI is InChI=1S/C17H32N4O2.2ClH/c1-13(2)16(18)17(23)19-10-15(22)21-9-6-14(12-21)11-20-7-4-3-5-8-20;;/h13-14,16H,3-12,18H2,1-2H3,(H,19,23);2*1H/t14?,16-;;/m0../s1. The van der Waals surface area contributed by atoms with Gasteiger partial charge in [-0.05, 0) is 44.2 Å². The smallest absolute Gasteiger partial charge is 0.241 e. The summed E-state index contributed by atoms with van der Waals surface area (Å²) in [6.45, 7) is 9.01. The van der Waals surface area contributed by atoms with Crippen LogP contribution in [0.1, 0.15) is 39.5 Å². The molecule has 2 atom stereocenters. The van der Waals surface area contributed by atoms with Crippen LogP contribution in [-0.4, -0.2) is 66.9 Å². The molecular weight excluding hydrogens is 363 g/mol. The van der Waals surface area contributed by atoms with Crippen molar-refractivity contribution >= 4 is 36.6 Å². The summed E-state index contributed by atoms with van der Waals surface area (Å²) in [7, 11) is 0. The van der Waals surface area contributed by atoms with Crippen molar-refractivity contribution in [2.45, 2.75) is 45.6 Å². The second kappa shape index (κ2) is 11.9. The summed E-state index contributed by atoms with van der Waals surface area (Å²) in [6.07, 6.45) is 5.03. The zero-order valence-corrected chi connectivity index (χ0v) is 17.0. The lowest BCUT2D eigenvalue weighted by Crippen LogP contribution is -2.47. The molecule has 0 saturated carbocycles. The van der Waals surface area contributed by atoms with E-state index in [0.717, 1.165) is 26.1 Å². The maximum absolute atomic E-state index is 12.2. The Morgan fingerprint density at radius 3 is 2.36 bits per heavy atom. The SMILES string of the molecule is CC(C)[C@H](N)C(=O)NCC(=O)N1CCC(CN2CCCCC2)C1.Cl.Cl. The highest BCUT2D eigenvalue weighted by atomic mass is 35.5. The van der Waals surface area contributed by atoms with E-state index in [9.17, 15) is 9.59 Å². The summed E-state index contributed by atoms with van der Waals surface area (Å²) in [5, 5.41) is 2.67. The molecule has 1 unspecified atom stereocenters. The molecule has 3 N–H and O–H groups in total. The van der Waals surface area contributed by atoms with Gasteiger partial charge in [0.2, 0.25) is 11.8 Å². The van der Waals surface area contributed by atoms with Gasteiger partial charge < -0.3 is 20.9 Å². The van der Waals surface area contributed by atoms with Crippen molar-refractivity contribution in [3.8, 4) is 0 Å². The second-order valence-electron chi connectivity index (χ2n) is 7.34. The van der Waals surface area contributed by atoms with Crippen molar-refractivity contribution in [1.29, 1.82) is 0 Å². The van der Waals surface area contributed by atoms with Gasteiger partial charge in [-0.15, -0.1) is 24.8 Å². The fraction of sp³-hybridized carbons (Fsp3) is 0.882. The molecule has 2 aliphatic heterocycles. The van der Waals surface area contributed by atoms with Gasteiger partial charge in [0.05, 0.1) is 12.6 Å². The van der Waals surface area contributed by atoms with E-state index in [2.05, 4.69) is 10.2 Å². The number of carbonyl (C=O) groups is 2. The molecular formula is C17H34Cl2N4O2. The normalized spacial score (nSPS) is 22.1. The molecule has 148 valence electrons. The zero-order valence-electron chi connectivity index (χ0n) is 15.4. The highest BCUT2D eigenvalue weighted by molar-refractivity contribution is 5.87. The minimum absolute atomic E-state index is 0. The molecule has 8 heteroatoms. The van der Waals surface area contributed by atoms with Crippen LogP contribution in [0.25, 0.3) is 0 Å². The number of nitrogens with one attached hydrogen (secondary N) is 1. The van der Waals surface area contributed by atoms with Gasteiger partial charge in [0.25, 0.3) is 0 Å². The Morgan fingerprint density at radius 2 is 1.76 bits per heavy atom. The molecule has 0 spiro atoms. The molecule has 2 rings (SSSR count). The van der Waals surface area contributed by atoms with Gasteiger partial charge >= 0.3 is 0 Å². The van der Waals surface area contributed by atoms with Crippen molar-refractivity contribution in [2.24, 2.45) is 17.6 Å². The summed E-state index contributed by atoms with van der Waals surface area (Å²) in [6, 6.07) is -0.548. The summed E-state index contributed by atoms with van der Waals surface area (Å²) in [4.78, 5) is 28.5. The van der Waals surface area contributed by atoms with Gasteiger partial charge in [0, 0.05) is 19.6 Å². The van der Waals surface area contributed by atoms with Crippen molar-refractivity contribution in [2.75, 3.05) is 39.3 Å². The zero-order chi connectivity index (χ0) is 16.8. The first kappa shape index (κ1) is 24.4. The van der Waals surface area contributed by atoms with Crippen LogP contribution in [0.15, 0.2) is 0 Å². The highest BCUT2D eigenvalue weighted by Gasteiger charge is 2.28. The second-order valence-corrected chi connectivity index (χ2v) is 7.34. The maximum Gasteiger partial charge on any atom is 0.241 e. The Morgan fingerprint density at radius 1 is 1.12 bits per heavy atom. The summed E-state index contributed by atoms with van der Waals surface area (Å²) in [5.74, 6) is 0.421. The first-order valence-corrected chi connectivity index (χ1v) is 9.00. The minimum atomic E-state index is -0.548. The Labute approximate surface area is 164 Å². The number of halogens is 2. The molecule has 2 amide bonds. The number of nitrogens with two attached hydrogens (primary N) is 1. The van der Waals surface area contributed by atoms with Crippen LogP contribution in [-0.2, 0) is 9.59 Å². The number of hydrogen-bond acceptors (Lipinski definition) is 4. The molecule has 2 heterocycles. The first-order valence-electron chi connectivity index (χ1n) is 9.00. The lowest BCUT2D eigenvalue weighted by atomic mass is 10.1. The van der Waals surface area contributed by atoms with Crippen molar-refractivity contribution < 1.29 is 9.59 Å². The molecule has 0 bridgehead atoms. The van der Waals surface area contributed by atoms with Gasteiger partial charge in [-0.2, -0.15) is 0 Å². The Bertz CT molecular complexity index is 417. The summed E-state index contributed by atoms with van der Waals surface area (Å²) in [5.41, 5.74) is 5.78. The summed E-state index contributed by atoms with van der Waals surface area (Å²) < 4.78 is 0. The topological polar surface area (TPSA) is 78.7 Å². The number of hydrogen-bond donors (Lipinski definition) is 2. The number of piperidine rings is 1. The number of likely N-dealkylation sites (tertiary alicyclic amines) is 2. The van der Waals surface area contributed by atoms with Crippen LogP contribution in [0.4, 0.5) is 0 Å². The van der Waals surface area contributed by atoms with Gasteiger partial charge in [-0.1, -0.05) is 20.3 Å². The Kier molecular flexibility index (Phi) is 11.7. The molecule has 0 aromatic carbocycles. The van der Waals surface area contributed by atoms with E-state index in [0.29, 0.717) is 5.92 Å². The fourth-order valence-corrected chi connectivity index (χ4v) is 3.41.